The summed E-state index contributed by atoms with van der Waals surface area (Å²) < 4.78 is 0. The molecular formula is C9H16S. The van der Waals surface area contributed by atoms with Gasteiger partial charge in [0.2, 0.25) is 0 Å². The third kappa shape index (κ3) is 2.22. The average molecular weight is 156 g/mol. The number of rotatable bonds is 3. The van der Waals surface area contributed by atoms with Gasteiger partial charge < -0.3 is 0 Å². The van der Waals surface area contributed by atoms with Gasteiger partial charge in [-0.1, -0.05) is 19.4 Å². The topological polar surface area (TPSA) is 0 Å². The van der Waals surface area contributed by atoms with Gasteiger partial charge in [0, 0.05) is 0 Å². The molecule has 0 fully saturated rings. The van der Waals surface area contributed by atoms with Crippen LogP contribution in [0, 0.1) is 0 Å². The van der Waals surface area contributed by atoms with Crippen LogP contribution in [-0.2, 0) is 0 Å². The van der Waals surface area contributed by atoms with E-state index in [9.17, 15) is 0 Å². The van der Waals surface area contributed by atoms with E-state index >= 15 is 0 Å². The Morgan fingerprint density at radius 1 is 1.50 bits per heavy atom. The lowest BCUT2D eigenvalue weighted by atomic mass is 10.4. The molecule has 0 spiro atoms. The summed E-state index contributed by atoms with van der Waals surface area (Å²) in [6, 6.07) is 0. The first-order valence-corrected chi connectivity index (χ1v) is 5.62. The van der Waals surface area contributed by atoms with E-state index in [1.165, 1.54) is 24.2 Å². The van der Waals surface area contributed by atoms with Gasteiger partial charge >= 0.3 is 0 Å². The summed E-state index contributed by atoms with van der Waals surface area (Å²) >= 11 is 0. The molecule has 1 unspecified atom stereocenters. The van der Waals surface area contributed by atoms with Gasteiger partial charge in [0.25, 0.3) is 0 Å². The van der Waals surface area contributed by atoms with Crippen LogP contribution in [0.25, 0.3) is 0 Å². The molecule has 1 rings (SSSR count). The van der Waals surface area contributed by atoms with E-state index in [0.717, 1.165) is 0 Å². The lowest BCUT2D eigenvalue weighted by Crippen LogP contribution is -1.79. The molecule has 0 saturated carbocycles. The molecule has 0 aromatic heterocycles. The van der Waals surface area contributed by atoms with Crippen molar-refractivity contribution in [2.75, 3.05) is 5.75 Å². The zero-order valence-corrected chi connectivity index (χ0v) is 7.70. The van der Waals surface area contributed by atoms with Crippen LogP contribution >= 0.6 is 10.9 Å². The monoisotopic (exact) mass is 156 g/mol. The van der Waals surface area contributed by atoms with Crippen molar-refractivity contribution in [2.45, 2.75) is 26.7 Å². The summed E-state index contributed by atoms with van der Waals surface area (Å²) in [5, 5.41) is 4.80. The van der Waals surface area contributed by atoms with Crippen molar-refractivity contribution in [3.8, 4) is 0 Å². The highest BCUT2D eigenvalue weighted by atomic mass is 32.2. The Hall–Kier alpha value is -0.170. The van der Waals surface area contributed by atoms with Crippen LogP contribution in [0.1, 0.15) is 26.7 Å². The second-order valence-electron chi connectivity index (χ2n) is 2.78. The van der Waals surface area contributed by atoms with Gasteiger partial charge in [0.1, 0.15) is 0 Å². The molecule has 1 aliphatic heterocycles. The summed E-state index contributed by atoms with van der Waals surface area (Å²) in [4.78, 5) is 0. The zero-order valence-electron chi connectivity index (χ0n) is 6.80. The largest absolute Gasteiger partial charge is 0.213 e. The van der Waals surface area contributed by atoms with Gasteiger partial charge in [0.15, 0.2) is 0 Å². The fraction of sp³-hybridized carbons (Fsp3) is 0.556. The number of hydrogen-bond donors (Lipinski definition) is 1. The first kappa shape index (κ1) is 7.93. The van der Waals surface area contributed by atoms with Crippen LogP contribution in [0.4, 0.5) is 0 Å². The second kappa shape index (κ2) is 3.87. The van der Waals surface area contributed by atoms with E-state index in [0.29, 0.717) is 0 Å². The van der Waals surface area contributed by atoms with Crippen molar-refractivity contribution >= 4 is 10.9 Å². The van der Waals surface area contributed by atoms with Crippen LogP contribution in [0.3, 0.4) is 0 Å². The van der Waals surface area contributed by atoms with E-state index in [4.69, 9.17) is 0 Å². The van der Waals surface area contributed by atoms with Gasteiger partial charge in [-0.2, -0.15) is 0 Å². The molecule has 1 heteroatoms. The molecule has 0 N–H and O–H groups in total. The molecule has 0 bridgehead atoms. The Bertz CT molecular complexity index is 156. The fourth-order valence-electron chi connectivity index (χ4n) is 1.04. The third-order valence-electron chi connectivity index (χ3n) is 1.67. The van der Waals surface area contributed by atoms with E-state index in [2.05, 4.69) is 30.7 Å². The van der Waals surface area contributed by atoms with E-state index < -0.39 is 0 Å². The molecule has 0 aromatic rings. The highest BCUT2D eigenvalue weighted by Crippen LogP contribution is 2.36. The van der Waals surface area contributed by atoms with Crippen molar-refractivity contribution in [3.63, 3.8) is 0 Å². The Labute approximate surface area is 66.4 Å². The Morgan fingerprint density at radius 3 is 2.80 bits per heavy atom. The minimum atomic E-state index is 0.167. The van der Waals surface area contributed by atoms with Crippen LogP contribution in [0.5, 0.6) is 0 Å². The van der Waals surface area contributed by atoms with Gasteiger partial charge in [-0.05, 0) is 35.5 Å². The minimum Gasteiger partial charge on any atom is -0.213 e. The highest BCUT2D eigenvalue weighted by molar-refractivity contribution is 8.22. The van der Waals surface area contributed by atoms with Crippen LogP contribution < -0.4 is 0 Å². The highest BCUT2D eigenvalue weighted by Gasteiger charge is 2.00. The van der Waals surface area contributed by atoms with Crippen LogP contribution in [-0.4, -0.2) is 5.75 Å². The van der Waals surface area contributed by atoms with Crippen LogP contribution in [0.15, 0.2) is 22.5 Å². The minimum absolute atomic E-state index is 0.167. The predicted octanol–water partition coefficient (Wildman–Crippen LogP) is 3.22. The maximum atomic E-state index is 2.42. The summed E-state index contributed by atoms with van der Waals surface area (Å²) in [6.45, 7) is 4.44. The standard InChI is InChI=1S/C9H16S/c1-3-4-6-10-7-5-9(2)8-10/h5,7-8,10H,3-4,6H2,1-2H3. The fourth-order valence-corrected chi connectivity index (χ4v) is 3.12. The van der Waals surface area contributed by atoms with Gasteiger partial charge in [-0.25, -0.2) is 10.9 Å². The summed E-state index contributed by atoms with van der Waals surface area (Å²) in [7, 11) is 0.167. The molecule has 0 saturated heterocycles. The lowest BCUT2D eigenvalue weighted by Gasteiger charge is -2.07. The van der Waals surface area contributed by atoms with Crippen molar-refractivity contribution in [2.24, 2.45) is 0 Å². The first-order chi connectivity index (χ1) is 4.83. The second-order valence-corrected chi connectivity index (χ2v) is 4.81. The Morgan fingerprint density at radius 2 is 2.30 bits per heavy atom. The van der Waals surface area contributed by atoms with Crippen molar-refractivity contribution in [1.29, 1.82) is 0 Å². The first-order valence-electron chi connectivity index (χ1n) is 3.95. The van der Waals surface area contributed by atoms with Crippen molar-refractivity contribution in [1.82, 2.24) is 0 Å². The third-order valence-corrected chi connectivity index (χ3v) is 3.77. The maximum absolute atomic E-state index is 2.42. The lowest BCUT2D eigenvalue weighted by molar-refractivity contribution is 0.896. The normalized spacial score (nSPS) is 27.0. The van der Waals surface area contributed by atoms with E-state index in [1.807, 2.05) is 0 Å². The number of allylic oxidation sites excluding steroid dienone is 2. The quantitative estimate of drug-likeness (QED) is 0.596. The molecule has 58 valence electrons. The molecule has 1 atom stereocenters. The smallest absolute Gasteiger partial charge is 0.0185 e. The van der Waals surface area contributed by atoms with Gasteiger partial charge in [-0.3, -0.25) is 0 Å². The molecule has 1 heterocycles. The Kier molecular flexibility index (Phi) is 3.07. The molecule has 0 amide bonds. The number of thiol groups is 1. The average Bonchev–Trinajstić information content (AvgIpc) is 2.31. The molecule has 0 aromatic carbocycles. The summed E-state index contributed by atoms with van der Waals surface area (Å²) in [6.07, 6.45) is 4.97. The maximum Gasteiger partial charge on any atom is -0.0185 e. The van der Waals surface area contributed by atoms with Gasteiger partial charge in [0.05, 0.1) is 0 Å². The molecule has 0 nitrogen and oxygen atoms in total. The SMILES string of the molecule is CCCC[SH]1C=CC(C)=C1. The molecule has 0 radical (unpaired) electrons. The molecule has 10 heavy (non-hydrogen) atoms. The van der Waals surface area contributed by atoms with Crippen molar-refractivity contribution in [3.05, 3.63) is 22.5 Å². The summed E-state index contributed by atoms with van der Waals surface area (Å²) in [5.74, 6) is 1.40. The van der Waals surface area contributed by atoms with Crippen LogP contribution in [0.2, 0.25) is 0 Å². The van der Waals surface area contributed by atoms with E-state index in [1.54, 1.807) is 0 Å². The zero-order chi connectivity index (χ0) is 7.40. The molecular weight excluding hydrogens is 140 g/mol. The number of unbranched alkanes of at least 4 members (excludes halogenated alkanes) is 1. The Balaban J connectivity index is 2.26. The molecule has 1 aliphatic rings. The van der Waals surface area contributed by atoms with Crippen molar-refractivity contribution < 1.29 is 0 Å². The predicted molar refractivity (Wildman–Crippen MR) is 51.7 cm³/mol. The summed E-state index contributed by atoms with van der Waals surface area (Å²) in [5.41, 5.74) is 1.46. The van der Waals surface area contributed by atoms with Gasteiger partial charge in [-0.15, -0.1) is 0 Å². The van der Waals surface area contributed by atoms with E-state index in [-0.39, 0.29) is 10.9 Å². The molecule has 0 aliphatic carbocycles. The number of hydrogen-bond acceptors (Lipinski definition) is 0.